The van der Waals surface area contributed by atoms with Crippen molar-refractivity contribution in [3.05, 3.63) is 71.9 Å². The second-order valence-electron chi connectivity index (χ2n) is 7.37. The normalized spacial score (nSPS) is 14.3. The van der Waals surface area contributed by atoms with Gasteiger partial charge in [-0.25, -0.2) is 9.50 Å². The van der Waals surface area contributed by atoms with E-state index in [1.807, 2.05) is 47.1 Å². The molecule has 0 unspecified atom stereocenters. The molecule has 146 valence electrons. The van der Waals surface area contributed by atoms with Gasteiger partial charge in [0.15, 0.2) is 0 Å². The topological polar surface area (TPSA) is 45.5 Å². The first-order valence-electron chi connectivity index (χ1n) is 9.99. The molecule has 2 aromatic heterocycles. The highest BCUT2D eigenvalue weighted by atomic mass is 35.5. The zero-order chi connectivity index (χ0) is 19.6. The summed E-state index contributed by atoms with van der Waals surface area (Å²) in [6.45, 7) is 2.29. The van der Waals surface area contributed by atoms with E-state index in [2.05, 4.69) is 44.6 Å². The summed E-state index contributed by atoms with van der Waals surface area (Å²) in [4.78, 5) is 6.91. The fourth-order valence-electron chi connectivity index (χ4n) is 3.86. The quantitative estimate of drug-likeness (QED) is 0.469. The monoisotopic (exact) mass is 403 g/mol. The Kier molecular flexibility index (Phi) is 4.82. The third-order valence-electron chi connectivity index (χ3n) is 5.36. The third-order valence-corrected chi connectivity index (χ3v) is 5.60. The fraction of sp³-hybridized carbons (Fsp3) is 0.217. The zero-order valence-electron chi connectivity index (χ0n) is 16.1. The van der Waals surface area contributed by atoms with E-state index in [0.29, 0.717) is 11.0 Å². The Morgan fingerprint density at radius 3 is 2.52 bits per heavy atom. The molecule has 1 aliphatic heterocycles. The lowest BCUT2D eigenvalue weighted by molar-refractivity contribution is 0.578. The lowest BCUT2D eigenvalue weighted by Crippen LogP contribution is -2.29. The Morgan fingerprint density at radius 2 is 1.72 bits per heavy atom. The van der Waals surface area contributed by atoms with Crippen LogP contribution in [-0.2, 0) is 0 Å². The van der Waals surface area contributed by atoms with Gasteiger partial charge in [0.25, 0.3) is 0 Å². The van der Waals surface area contributed by atoms with Gasteiger partial charge < -0.3 is 10.2 Å². The molecule has 2 aromatic carbocycles. The molecular formula is C23H22ClN5. The predicted octanol–water partition coefficient (Wildman–Crippen LogP) is 5.78. The summed E-state index contributed by atoms with van der Waals surface area (Å²) in [5.74, 6) is 0.558. The van der Waals surface area contributed by atoms with E-state index < -0.39 is 0 Å². The minimum absolute atomic E-state index is 0.558. The summed E-state index contributed by atoms with van der Waals surface area (Å²) in [6, 6.07) is 20.3. The minimum atomic E-state index is 0.558. The molecule has 5 rings (SSSR count). The van der Waals surface area contributed by atoms with Crippen LogP contribution in [0.3, 0.4) is 0 Å². The molecule has 0 amide bonds. The van der Waals surface area contributed by atoms with Crippen molar-refractivity contribution in [2.24, 2.45) is 0 Å². The highest BCUT2D eigenvalue weighted by Gasteiger charge is 2.11. The van der Waals surface area contributed by atoms with Gasteiger partial charge in [-0.2, -0.15) is 0 Å². The van der Waals surface area contributed by atoms with Crippen molar-refractivity contribution in [3.63, 3.8) is 0 Å². The minimum Gasteiger partial charge on any atom is -0.372 e. The van der Waals surface area contributed by atoms with Crippen molar-refractivity contribution in [1.29, 1.82) is 0 Å². The Balaban J connectivity index is 1.40. The number of hydrogen-bond donors (Lipinski definition) is 1. The number of anilines is 3. The van der Waals surface area contributed by atoms with Crippen molar-refractivity contribution < 1.29 is 0 Å². The van der Waals surface area contributed by atoms with Gasteiger partial charge in [-0.3, -0.25) is 0 Å². The van der Waals surface area contributed by atoms with E-state index in [0.717, 1.165) is 35.6 Å². The Bertz CT molecular complexity index is 1130. The van der Waals surface area contributed by atoms with Gasteiger partial charge in [0.2, 0.25) is 5.95 Å². The van der Waals surface area contributed by atoms with Crippen molar-refractivity contribution in [1.82, 2.24) is 14.6 Å². The SMILES string of the molecule is Clc1cccc(-c2ccc3cnc(Nc4ccc(N5CCCCC5)cc4)nn23)c1. The first-order valence-corrected chi connectivity index (χ1v) is 10.4. The van der Waals surface area contributed by atoms with Gasteiger partial charge >= 0.3 is 0 Å². The first-order chi connectivity index (χ1) is 14.3. The molecule has 0 saturated carbocycles. The highest BCUT2D eigenvalue weighted by Crippen LogP contribution is 2.26. The average Bonchev–Trinajstić information content (AvgIpc) is 3.18. The number of hydrogen-bond acceptors (Lipinski definition) is 4. The van der Waals surface area contributed by atoms with Crippen LogP contribution in [0.5, 0.6) is 0 Å². The first kappa shape index (κ1) is 18.0. The second-order valence-corrected chi connectivity index (χ2v) is 7.80. The smallest absolute Gasteiger partial charge is 0.245 e. The number of halogens is 1. The third kappa shape index (κ3) is 3.78. The molecule has 1 fully saturated rings. The zero-order valence-corrected chi connectivity index (χ0v) is 16.8. The number of aromatic nitrogens is 3. The number of piperidine rings is 1. The van der Waals surface area contributed by atoms with Crippen LogP contribution in [0.4, 0.5) is 17.3 Å². The van der Waals surface area contributed by atoms with Crippen LogP contribution in [-0.4, -0.2) is 27.7 Å². The van der Waals surface area contributed by atoms with Crippen LogP contribution in [0.2, 0.25) is 5.02 Å². The summed E-state index contributed by atoms with van der Waals surface area (Å²) in [6.07, 6.45) is 5.72. The maximum atomic E-state index is 6.16. The van der Waals surface area contributed by atoms with Gasteiger partial charge in [0, 0.05) is 35.1 Å². The molecule has 1 N–H and O–H groups in total. The van der Waals surface area contributed by atoms with E-state index in [1.165, 1.54) is 24.9 Å². The number of benzene rings is 2. The number of nitrogens with one attached hydrogen (secondary N) is 1. The van der Waals surface area contributed by atoms with Crippen LogP contribution in [0.1, 0.15) is 19.3 Å². The molecule has 1 saturated heterocycles. The van der Waals surface area contributed by atoms with E-state index in [4.69, 9.17) is 11.6 Å². The van der Waals surface area contributed by atoms with E-state index in [9.17, 15) is 0 Å². The highest BCUT2D eigenvalue weighted by molar-refractivity contribution is 6.30. The second kappa shape index (κ2) is 7.76. The fourth-order valence-corrected chi connectivity index (χ4v) is 4.05. The van der Waals surface area contributed by atoms with Crippen molar-refractivity contribution in [3.8, 4) is 11.3 Å². The van der Waals surface area contributed by atoms with E-state index >= 15 is 0 Å². The Labute approximate surface area is 175 Å². The van der Waals surface area contributed by atoms with Gasteiger partial charge in [-0.05, 0) is 67.8 Å². The molecule has 0 aliphatic carbocycles. The van der Waals surface area contributed by atoms with Crippen LogP contribution in [0.15, 0.2) is 66.9 Å². The van der Waals surface area contributed by atoms with E-state index in [-0.39, 0.29) is 0 Å². The summed E-state index contributed by atoms with van der Waals surface area (Å²) in [5, 5.41) is 8.72. The van der Waals surface area contributed by atoms with Crippen molar-refractivity contribution in [2.45, 2.75) is 19.3 Å². The lowest BCUT2D eigenvalue weighted by Gasteiger charge is -2.28. The summed E-state index contributed by atoms with van der Waals surface area (Å²) >= 11 is 6.16. The molecule has 1 aliphatic rings. The molecule has 6 heteroatoms. The lowest BCUT2D eigenvalue weighted by atomic mass is 10.1. The van der Waals surface area contributed by atoms with Crippen LogP contribution < -0.4 is 10.2 Å². The number of nitrogens with zero attached hydrogens (tertiary/aromatic N) is 4. The molecule has 0 radical (unpaired) electrons. The van der Waals surface area contributed by atoms with Gasteiger partial charge in [-0.1, -0.05) is 23.7 Å². The van der Waals surface area contributed by atoms with Gasteiger partial charge in [0.1, 0.15) is 0 Å². The molecule has 29 heavy (non-hydrogen) atoms. The maximum absolute atomic E-state index is 6.16. The van der Waals surface area contributed by atoms with Crippen molar-refractivity contribution >= 4 is 34.4 Å². The van der Waals surface area contributed by atoms with E-state index in [1.54, 1.807) is 0 Å². The molecule has 3 heterocycles. The Morgan fingerprint density at radius 1 is 0.897 bits per heavy atom. The number of fused-ring (bicyclic) bond motifs is 1. The molecular weight excluding hydrogens is 382 g/mol. The van der Waals surface area contributed by atoms with Crippen LogP contribution in [0, 0.1) is 0 Å². The molecule has 0 spiro atoms. The maximum Gasteiger partial charge on any atom is 0.245 e. The summed E-state index contributed by atoms with van der Waals surface area (Å²) < 4.78 is 1.89. The number of rotatable bonds is 4. The average molecular weight is 404 g/mol. The largest absolute Gasteiger partial charge is 0.372 e. The Hall–Kier alpha value is -3.05. The summed E-state index contributed by atoms with van der Waals surface area (Å²) in [7, 11) is 0. The van der Waals surface area contributed by atoms with Gasteiger partial charge in [0.05, 0.1) is 17.4 Å². The van der Waals surface area contributed by atoms with Crippen molar-refractivity contribution in [2.75, 3.05) is 23.3 Å². The van der Waals surface area contributed by atoms with Gasteiger partial charge in [-0.15, -0.1) is 5.10 Å². The summed E-state index contributed by atoms with van der Waals surface area (Å²) in [5.41, 5.74) is 5.19. The molecule has 4 aromatic rings. The predicted molar refractivity (Wildman–Crippen MR) is 119 cm³/mol. The molecule has 5 nitrogen and oxygen atoms in total. The molecule has 0 atom stereocenters. The molecule has 0 bridgehead atoms. The van der Waals surface area contributed by atoms with Crippen LogP contribution in [0.25, 0.3) is 16.8 Å². The standard InChI is InChI=1S/C23H22ClN5/c24-18-6-4-5-17(15-18)22-12-11-21-16-25-23(27-29(21)22)26-19-7-9-20(10-8-19)28-13-2-1-3-14-28/h4-12,15-16H,1-3,13-14H2,(H,26,27). The van der Waals surface area contributed by atoms with Crippen LogP contribution >= 0.6 is 11.6 Å².